The van der Waals surface area contributed by atoms with E-state index in [4.69, 9.17) is 25.8 Å². The molecule has 12 heteroatoms. The Kier molecular flexibility index (Phi) is 7.44. The Morgan fingerprint density at radius 3 is 2.32 bits per heavy atom. The van der Waals surface area contributed by atoms with Gasteiger partial charge in [-0.1, -0.05) is 17.7 Å². The molecule has 0 saturated heterocycles. The number of halogens is 1. The number of carbonyl (C=O) groups is 1. The Balaban J connectivity index is 1.56. The maximum Gasteiger partial charge on any atom is 0.363 e. The van der Waals surface area contributed by atoms with Gasteiger partial charge in [0.05, 0.1) is 27.0 Å². The quantitative estimate of drug-likeness (QED) is 0.155. The summed E-state index contributed by atoms with van der Waals surface area (Å²) in [6.45, 7) is 2.31. The molecule has 11 nitrogen and oxygen atoms in total. The highest BCUT2D eigenvalue weighted by molar-refractivity contribution is 6.34. The van der Waals surface area contributed by atoms with E-state index in [1.54, 1.807) is 37.3 Å². The number of hydrogen-bond acceptors (Lipinski definition) is 9. The molecule has 0 bridgehead atoms. The van der Waals surface area contributed by atoms with Gasteiger partial charge in [0.1, 0.15) is 6.61 Å². The fourth-order valence-electron chi connectivity index (χ4n) is 3.35. The molecule has 4 rings (SSSR count). The minimum atomic E-state index is -0.742. The van der Waals surface area contributed by atoms with Crippen LogP contribution in [-0.2, 0) is 16.1 Å². The van der Waals surface area contributed by atoms with E-state index in [0.29, 0.717) is 23.7 Å². The molecule has 0 N–H and O–H groups in total. The molecule has 1 aliphatic rings. The highest BCUT2D eigenvalue weighted by Crippen LogP contribution is 2.32. The van der Waals surface area contributed by atoms with Crippen molar-refractivity contribution in [3.8, 4) is 11.5 Å². The molecule has 0 amide bonds. The summed E-state index contributed by atoms with van der Waals surface area (Å²) in [4.78, 5) is 37.4. The predicted octanol–water partition coefficient (Wildman–Crippen LogP) is 5.48. The molecule has 1 heterocycles. The van der Waals surface area contributed by atoms with E-state index in [1.807, 2.05) is 0 Å². The van der Waals surface area contributed by atoms with Crippen molar-refractivity contribution < 1.29 is 28.9 Å². The number of nitro benzene ring substituents is 2. The summed E-state index contributed by atoms with van der Waals surface area (Å²) in [5.74, 6) is -0.0351. The number of hydrogen-bond donors (Lipinski definition) is 0. The van der Waals surface area contributed by atoms with E-state index in [9.17, 15) is 25.0 Å². The first kappa shape index (κ1) is 25.3. The largest absolute Gasteiger partial charge is 0.490 e. The van der Waals surface area contributed by atoms with Gasteiger partial charge in [-0.15, -0.1) is 0 Å². The van der Waals surface area contributed by atoms with Gasteiger partial charge in [-0.3, -0.25) is 20.2 Å². The summed E-state index contributed by atoms with van der Waals surface area (Å²) in [6.07, 6.45) is 1.48. The Morgan fingerprint density at radius 1 is 0.946 bits per heavy atom. The van der Waals surface area contributed by atoms with Crippen LogP contribution in [0, 0.1) is 20.2 Å². The van der Waals surface area contributed by atoms with Crippen molar-refractivity contribution in [2.45, 2.75) is 13.5 Å². The van der Waals surface area contributed by atoms with Gasteiger partial charge in [0.15, 0.2) is 17.2 Å². The minimum Gasteiger partial charge on any atom is -0.490 e. The molecule has 0 aliphatic carbocycles. The summed E-state index contributed by atoms with van der Waals surface area (Å²) in [5, 5.41) is 22.0. The average molecular weight is 524 g/mol. The van der Waals surface area contributed by atoms with E-state index >= 15 is 0 Å². The van der Waals surface area contributed by atoms with Gasteiger partial charge in [-0.2, -0.15) is 0 Å². The molecule has 0 atom stereocenters. The third kappa shape index (κ3) is 5.90. The van der Waals surface area contributed by atoms with Crippen molar-refractivity contribution in [2.75, 3.05) is 6.61 Å². The molecule has 37 heavy (non-hydrogen) atoms. The number of nitrogens with zero attached hydrogens (tertiary/aromatic N) is 3. The number of rotatable bonds is 9. The van der Waals surface area contributed by atoms with Gasteiger partial charge in [0.2, 0.25) is 5.90 Å². The van der Waals surface area contributed by atoms with E-state index in [0.717, 1.165) is 5.56 Å². The topological polar surface area (TPSA) is 143 Å². The highest BCUT2D eigenvalue weighted by Gasteiger charge is 2.27. The number of ether oxygens (including phenoxy) is 3. The van der Waals surface area contributed by atoms with Gasteiger partial charge in [0.25, 0.3) is 11.4 Å². The average Bonchev–Trinajstić information content (AvgIpc) is 3.23. The number of nitro groups is 2. The number of esters is 1. The second kappa shape index (κ2) is 10.9. The lowest BCUT2D eigenvalue weighted by molar-refractivity contribution is -0.385. The standard InChI is InChI=1S/C25H18ClN3O8/c1-2-35-23-12-16(5-10-22(23)36-14-15-3-6-17(7-4-15)28(31)32)11-21-25(30)37-24(27-21)19-13-18(29(33)34)8-9-20(19)26/h3-13H,2,14H2,1H3/b21-11-. The smallest absolute Gasteiger partial charge is 0.363 e. The first-order chi connectivity index (χ1) is 17.7. The zero-order valence-corrected chi connectivity index (χ0v) is 20.0. The van der Waals surface area contributed by atoms with Gasteiger partial charge >= 0.3 is 5.97 Å². The van der Waals surface area contributed by atoms with Crippen molar-refractivity contribution >= 4 is 40.9 Å². The van der Waals surface area contributed by atoms with Crippen molar-refractivity contribution in [1.29, 1.82) is 0 Å². The van der Waals surface area contributed by atoms with Gasteiger partial charge in [-0.25, -0.2) is 9.79 Å². The van der Waals surface area contributed by atoms with E-state index in [2.05, 4.69) is 4.99 Å². The summed E-state index contributed by atoms with van der Waals surface area (Å²) in [6, 6.07) is 14.7. The van der Waals surface area contributed by atoms with Gasteiger partial charge in [0, 0.05) is 24.3 Å². The Hall–Kier alpha value is -4.77. The number of aliphatic imine (C=N–C) groups is 1. The third-order valence-electron chi connectivity index (χ3n) is 5.12. The Morgan fingerprint density at radius 2 is 1.65 bits per heavy atom. The van der Waals surface area contributed by atoms with E-state index in [1.165, 1.54) is 36.4 Å². The van der Waals surface area contributed by atoms with Crippen LogP contribution in [0.15, 0.2) is 71.4 Å². The highest BCUT2D eigenvalue weighted by atomic mass is 35.5. The maximum absolute atomic E-state index is 12.4. The molecule has 0 radical (unpaired) electrons. The first-order valence-electron chi connectivity index (χ1n) is 10.8. The second-order valence-electron chi connectivity index (χ2n) is 7.61. The number of benzene rings is 3. The minimum absolute atomic E-state index is 0.0137. The van der Waals surface area contributed by atoms with E-state index in [-0.39, 0.29) is 40.2 Å². The maximum atomic E-state index is 12.4. The van der Waals surface area contributed by atoms with Crippen LogP contribution in [0.4, 0.5) is 11.4 Å². The second-order valence-corrected chi connectivity index (χ2v) is 8.02. The van der Waals surface area contributed by atoms with Crippen molar-refractivity contribution in [3.63, 3.8) is 0 Å². The van der Waals surface area contributed by atoms with Crippen molar-refractivity contribution in [1.82, 2.24) is 0 Å². The molecule has 1 aliphatic heterocycles. The number of cyclic esters (lactones) is 1. The molecule has 0 spiro atoms. The van der Waals surface area contributed by atoms with Crippen LogP contribution in [-0.4, -0.2) is 28.3 Å². The van der Waals surface area contributed by atoms with Gasteiger partial charge < -0.3 is 14.2 Å². The molecule has 0 saturated carbocycles. The number of carbonyl (C=O) groups excluding carboxylic acids is 1. The SMILES string of the molecule is CCOc1cc(/C=C2\N=C(c3cc([N+](=O)[O-])ccc3Cl)OC2=O)ccc1OCc1ccc([N+](=O)[O-])cc1. The fraction of sp³-hybridized carbons (Fsp3) is 0.120. The monoisotopic (exact) mass is 523 g/mol. The van der Waals surface area contributed by atoms with Gasteiger partial charge in [-0.05, 0) is 54.5 Å². The molecular weight excluding hydrogens is 506 g/mol. The summed E-state index contributed by atoms with van der Waals surface area (Å²) in [5.41, 5.74) is 1.15. The molecule has 0 aromatic heterocycles. The lowest BCUT2D eigenvalue weighted by atomic mass is 10.1. The lowest BCUT2D eigenvalue weighted by Crippen LogP contribution is -2.06. The van der Waals surface area contributed by atoms with Crippen LogP contribution < -0.4 is 9.47 Å². The molecule has 3 aromatic rings. The van der Waals surface area contributed by atoms with Crippen LogP contribution in [0.2, 0.25) is 5.02 Å². The molecule has 188 valence electrons. The van der Waals surface area contributed by atoms with Crippen molar-refractivity contribution in [3.05, 3.63) is 108 Å². The summed E-state index contributed by atoms with van der Waals surface area (Å²) in [7, 11) is 0. The molecular formula is C25H18ClN3O8. The fourth-order valence-corrected chi connectivity index (χ4v) is 3.55. The van der Waals surface area contributed by atoms with Crippen LogP contribution >= 0.6 is 11.6 Å². The molecule has 3 aromatic carbocycles. The van der Waals surface area contributed by atoms with Crippen LogP contribution in [0.1, 0.15) is 23.6 Å². The van der Waals surface area contributed by atoms with Crippen molar-refractivity contribution in [2.24, 2.45) is 4.99 Å². The van der Waals surface area contributed by atoms with Crippen LogP contribution in [0.25, 0.3) is 6.08 Å². The van der Waals surface area contributed by atoms with Crippen LogP contribution in [0.3, 0.4) is 0 Å². The van der Waals surface area contributed by atoms with E-state index < -0.39 is 15.8 Å². The first-order valence-corrected chi connectivity index (χ1v) is 11.2. The zero-order valence-electron chi connectivity index (χ0n) is 19.3. The zero-order chi connectivity index (χ0) is 26.5. The summed E-state index contributed by atoms with van der Waals surface area (Å²) >= 11 is 6.13. The lowest BCUT2D eigenvalue weighted by Gasteiger charge is -2.13. The Bertz CT molecular complexity index is 1450. The van der Waals surface area contributed by atoms with Crippen LogP contribution in [0.5, 0.6) is 11.5 Å². The number of non-ortho nitro benzene ring substituents is 2. The molecule has 0 unspecified atom stereocenters. The Labute approximate surface area is 214 Å². The predicted molar refractivity (Wildman–Crippen MR) is 134 cm³/mol. The third-order valence-corrected chi connectivity index (χ3v) is 5.45. The summed E-state index contributed by atoms with van der Waals surface area (Å²) < 4.78 is 16.7. The normalized spacial score (nSPS) is 13.7. The molecule has 0 fully saturated rings.